The molecule has 1 aliphatic heterocycles. The van der Waals surface area contributed by atoms with Crippen LogP contribution >= 0.6 is 11.8 Å². The summed E-state index contributed by atoms with van der Waals surface area (Å²) in [5.41, 5.74) is 3.40. The Bertz CT molecular complexity index is 980. The Morgan fingerprint density at radius 3 is 2.03 bits per heavy atom. The summed E-state index contributed by atoms with van der Waals surface area (Å²) in [6.07, 6.45) is 3.57. The number of hydrogen-bond donors (Lipinski definition) is 1. The summed E-state index contributed by atoms with van der Waals surface area (Å²) >= 11 is 0.902. The number of carbonyl (C=O) groups is 2. The second-order valence-electron chi connectivity index (χ2n) is 5.43. The van der Waals surface area contributed by atoms with Crippen molar-refractivity contribution < 1.29 is 9.59 Å². The predicted octanol–water partition coefficient (Wildman–Crippen LogP) is 5.92. The fourth-order valence-electron chi connectivity index (χ4n) is 2.59. The van der Waals surface area contributed by atoms with E-state index in [9.17, 15) is 9.59 Å². The second-order valence-corrected chi connectivity index (χ2v) is 6.45. The predicted molar refractivity (Wildman–Crippen MR) is 121 cm³/mol. The number of hydrogen-bond acceptors (Lipinski definition) is 4. The Morgan fingerprint density at radius 2 is 1.48 bits per heavy atom. The third kappa shape index (κ3) is 5.45. The van der Waals surface area contributed by atoms with Gasteiger partial charge in [-0.15, -0.1) is 0 Å². The van der Waals surface area contributed by atoms with Crippen molar-refractivity contribution in [2.75, 3.05) is 0 Å². The molecule has 1 aromatic heterocycles. The van der Waals surface area contributed by atoms with Gasteiger partial charge in [0.2, 0.25) is 0 Å². The Labute approximate surface area is 175 Å². The average molecular weight is 408 g/mol. The van der Waals surface area contributed by atoms with Crippen LogP contribution in [-0.4, -0.2) is 20.9 Å². The lowest BCUT2D eigenvalue weighted by Gasteiger charge is -2.00. The number of aromatic nitrogens is 2. The molecule has 2 aromatic carbocycles. The highest BCUT2D eigenvalue weighted by atomic mass is 32.2. The topological polar surface area (TPSA) is 64.0 Å². The maximum atomic E-state index is 11.9. The molecule has 2 heterocycles. The van der Waals surface area contributed by atoms with Crippen molar-refractivity contribution in [2.45, 2.75) is 27.7 Å². The molecule has 0 aliphatic carbocycles. The van der Waals surface area contributed by atoms with Crippen LogP contribution in [0.15, 0.2) is 71.8 Å². The van der Waals surface area contributed by atoms with E-state index in [0.717, 1.165) is 34.3 Å². The van der Waals surface area contributed by atoms with Crippen molar-refractivity contribution >= 4 is 29.0 Å². The molecule has 0 atom stereocenters. The fraction of sp³-hybridized carbons (Fsp3) is 0.174. The molecule has 0 spiro atoms. The molecule has 0 radical (unpaired) electrons. The molecule has 1 aliphatic rings. The molecule has 3 aromatic rings. The van der Waals surface area contributed by atoms with Gasteiger partial charge >= 0.3 is 0 Å². The van der Waals surface area contributed by atoms with Crippen LogP contribution in [-0.2, 0) is 4.79 Å². The summed E-state index contributed by atoms with van der Waals surface area (Å²) in [4.78, 5) is 23.6. The van der Waals surface area contributed by atoms with E-state index in [1.807, 2.05) is 94.6 Å². The van der Waals surface area contributed by atoms with Crippen LogP contribution in [0, 0.1) is 0 Å². The Kier molecular flexibility index (Phi) is 8.43. The summed E-state index contributed by atoms with van der Waals surface area (Å²) in [5, 5.41) is 6.60. The first-order valence-corrected chi connectivity index (χ1v) is 10.5. The van der Waals surface area contributed by atoms with Crippen LogP contribution in [0.1, 0.15) is 33.3 Å². The lowest BCUT2D eigenvalue weighted by molar-refractivity contribution is -0.115. The molecule has 0 saturated carbocycles. The van der Waals surface area contributed by atoms with Gasteiger partial charge in [-0.2, -0.15) is 5.10 Å². The van der Waals surface area contributed by atoms with E-state index in [1.165, 1.54) is 0 Å². The van der Waals surface area contributed by atoms with E-state index < -0.39 is 0 Å². The minimum atomic E-state index is -0.374. The van der Waals surface area contributed by atoms with Crippen LogP contribution in [0.4, 0.5) is 4.79 Å². The normalized spacial score (nSPS) is 13.9. The first kappa shape index (κ1) is 22.2. The van der Waals surface area contributed by atoms with E-state index in [2.05, 4.69) is 10.4 Å². The van der Waals surface area contributed by atoms with E-state index in [1.54, 1.807) is 10.8 Å². The van der Waals surface area contributed by atoms with Crippen molar-refractivity contribution in [3.63, 3.8) is 0 Å². The number of para-hydroxylation sites is 1. The lowest BCUT2D eigenvalue weighted by atomic mass is 10.1. The maximum Gasteiger partial charge on any atom is 0.290 e. The highest BCUT2D eigenvalue weighted by molar-refractivity contribution is 8.18. The monoisotopic (exact) mass is 407 g/mol. The van der Waals surface area contributed by atoms with Gasteiger partial charge in [0.15, 0.2) is 0 Å². The van der Waals surface area contributed by atoms with Crippen LogP contribution in [0.5, 0.6) is 0 Å². The molecule has 0 bridgehead atoms. The summed E-state index contributed by atoms with van der Waals surface area (Å²) in [5.74, 6) is -0.374. The van der Waals surface area contributed by atoms with Gasteiger partial charge in [-0.3, -0.25) is 14.9 Å². The third-order valence-electron chi connectivity index (χ3n) is 3.74. The molecule has 1 N–H and O–H groups in total. The Balaban J connectivity index is 0.000000707. The largest absolute Gasteiger partial charge is 0.290 e. The zero-order chi connectivity index (χ0) is 21.2. The van der Waals surface area contributed by atoms with Gasteiger partial charge in [0, 0.05) is 17.3 Å². The number of nitrogens with one attached hydrogen (secondary N) is 1. The SMILES string of the molecule is CC.CC.O=C1NC(=O)/C(=C/c2cn(-c3ccccc3)nc2-c2ccccc2)S1. The van der Waals surface area contributed by atoms with Crippen molar-refractivity contribution in [1.82, 2.24) is 15.1 Å². The number of carbonyl (C=O) groups excluding carboxylic acids is 2. The van der Waals surface area contributed by atoms with Gasteiger partial charge < -0.3 is 0 Å². The number of rotatable bonds is 3. The molecular formula is C23H25N3O2S. The van der Waals surface area contributed by atoms with Crippen LogP contribution < -0.4 is 5.32 Å². The fourth-order valence-corrected chi connectivity index (χ4v) is 3.26. The molecular weight excluding hydrogens is 382 g/mol. The highest BCUT2D eigenvalue weighted by Gasteiger charge is 2.26. The van der Waals surface area contributed by atoms with E-state index in [0.29, 0.717) is 4.91 Å². The molecule has 2 amide bonds. The molecule has 150 valence electrons. The first-order chi connectivity index (χ1) is 14.2. The van der Waals surface area contributed by atoms with Crippen LogP contribution in [0.2, 0.25) is 0 Å². The van der Waals surface area contributed by atoms with Crippen molar-refractivity contribution in [3.8, 4) is 16.9 Å². The standard InChI is InChI=1S/C19H13N3O2S.2C2H6/c23-18-16(25-19(24)20-18)11-14-12-22(15-9-5-2-6-10-15)21-17(14)13-7-3-1-4-8-13;2*1-2/h1-12H,(H,20,23,24);2*1-2H3/b16-11-;;. The lowest BCUT2D eigenvalue weighted by Crippen LogP contribution is -2.17. The number of amides is 2. The highest BCUT2D eigenvalue weighted by Crippen LogP contribution is 2.30. The van der Waals surface area contributed by atoms with Crippen molar-refractivity contribution in [3.05, 3.63) is 77.3 Å². The first-order valence-electron chi connectivity index (χ1n) is 9.66. The smallest absolute Gasteiger partial charge is 0.282 e. The zero-order valence-corrected chi connectivity index (χ0v) is 17.9. The molecule has 1 saturated heterocycles. The van der Waals surface area contributed by atoms with Gasteiger partial charge in [0.25, 0.3) is 11.1 Å². The van der Waals surface area contributed by atoms with Gasteiger partial charge in [0.1, 0.15) is 0 Å². The Hall–Kier alpha value is -3.12. The molecule has 1 fully saturated rings. The van der Waals surface area contributed by atoms with E-state index in [-0.39, 0.29) is 11.1 Å². The number of imide groups is 1. The minimum absolute atomic E-state index is 0.354. The number of nitrogens with zero attached hydrogens (tertiary/aromatic N) is 2. The summed E-state index contributed by atoms with van der Waals surface area (Å²) in [6, 6.07) is 19.5. The molecule has 4 rings (SSSR count). The van der Waals surface area contributed by atoms with Gasteiger partial charge in [0.05, 0.1) is 16.3 Å². The maximum absolute atomic E-state index is 11.9. The Morgan fingerprint density at radius 1 is 0.897 bits per heavy atom. The van der Waals surface area contributed by atoms with Gasteiger partial charge in [-0.1, -0.05) is 76.2 Å². The zero-order valence-electron chi connectivity index (χ0n) is 17.0. The van der Waals surface area contributed by atoms with Crippen molar-refractivity contribution in [1.29, 1.82) is 0 Å². The van der Waals surface area contributed by atoms with Crippen LogP contribution in [0.25, 0.3) is 23.0 Å². The van der Waals surface area contributed by atoms with E-state index in [4.69, 9.17) is 0 Å². The quantitative estimate of drug-likeness (QED) is 0.548. The molecule has 29 heavy (non-hydrogen) atoms. The second kappa shape index (κ2) is 11.0. The number of benzene rings is 2. The van der Waals surface area contributed by atoms with E-state index >= 15 is 0 Å². The summed E-state index contributed by atoms with van der Waals surface area (Å²) in [7, 11) is 0. The minimum Gasteiger partial charge on any atom is -0.282 e. The van der Waals surface area contributed by atoms with Gasteiger partial charge in [-0.05, 0) is 30.0 Å². The average Bonchev–Trinajstić information content (AvgIpc) is 3.35. The number of thioether (sulfide) groups is 1. The molecule has 6 heteroatoms. The molecule has 0 unspecified atom stereocenters. The summed E-state index contributed by atoms with van der Waals surface area (Å²) < 4.78 is 1.77. The van der Waals surface area contributed by atoms with Gasteiger partial charge in [-0.25, -0.2) is 4.68 Å². The summed E-state index contributed by atoms with van der Waals surface area (Å²) in [6.45, 7) is 8.00. The third-order valence-corrected chi connectivity index (χ3v) is 4.55. The van der Waals surface area contributed by atoms with Crippen LogP contribution in [0.3, 0.4) is 0 Å². The molecule has 5 nitrogen and oxygen atoms in total. The van der Waals surface area contributed by atoms with Crippen molar-refractivity contribution in [2.24, 2.45) is 0 Å².